The minimum Gasteiger partial charge on any atom is -0.342 e. The number of carbonyl (C=O) groups excluding carboxylic acids is 2. The van der Waals surface area contributed by atoms with E-state index in [-0.39, 0.29) is 17.6 Å². The minimum atomic E-state index is -0.404. The maximum atomic E-state index is 13.5. The Balaban J connectivity index is 1.33. The number of hydrogen-bond donors (Lipinski definition) is 1. The standard InChI is InChI=1S/C27H24ClN5O2S2/c1-3-32-25(17(2)29-26(35)18-10-4-5-11-19(18)28)30-31-27(32)36-16-24(34)33-20-12-6-8-14-22(20)37-23-15-9-7-13-21(23)33/h4-15,17H,3,16H2,1-2H3,(H,29,35)/t17-/m0/s1. The molecule has 1 aromatic heterocycles. The molecule has 1 aliphatic heterocycles. The van der Waals surface area contributed by atoms with E-state index in [4.69, 9.17) is 11.6 Å². The lowest BCUT2D eigenvalue weighted by atomic mass is 10.2. The highest BCUT2D eigenvalue weighted by atomic mass is 35.5. The van der Waals surface area contributed by atoms with Crippen molar-refractivity contribution < 1.29 is 9.59 Å². The predicted octanol–water partition coefficient (Wildman–Crippen LogP) is 6.36. The first-order valence-electron chi connectivity index (χ1n) is 11.8. The van der Waals surface area contributed by atoms with Gasteiger partial charge in [0.25, 0.3) is 5.91 Å². The number of nitrogens with zero attached hydrogens (tertiary/aromatic N) is 4. The number of aromatic nitrogens is 3. The van der Waals surface area contributed by atoms with E-state index in [0.29, 0.717) is 28.1 Å². The van der Waals surface area contributed by atoms with Gasteiger partial charge in [-0.1, -0.05) is 71.5 Å². The van der Waals surface area contributed by atoms with Crippen molar-refractivity contribution in [3.05, 3.63) is 89.2 Å². The molecule has 0 spiro atoms. The summed E-state index contributed by atoms with van der Waals surface area (Å²) in [5, 5.41) is 12.6. The van der Waals surface area contributed by atoms with Crippen molar-refractivity contribution in [2.75, 3.05) is 10.7 Å². The maximum absolute atomic E-state index is 13.5. The Morgan fingerprint density at radius 1 is 0.973 bits per heavy atom. The number of rotatable bonds is 7. The lowest BCUT2D eigenvalue weighted by Crippen LogP contribution is -2.30. The third kappa shape index (κ3) is 5.12. The Labute approximate surface area is 228 Å². The summed E-state index contributed by atoms with van der Waals surface area (Å²) in [6.45, 7) is 4.43. The van der Waals surface area contributed by atoms with E-state index in [1.54, 1.807) is 40.9 Å². The Hall–Kier alpha value is -3.27. The van der Waals surface area contributed by atoms with Gasteiger partial charge in [0.15, 0.2) is 11.0 Å². The fourth-order valence-corrected chi connectivity index (χ4v) is 6.31. The molecule has 1 N–H and O–H groups in total. The Morgan fingerprint density at radius 2 is 1.59 bits per heavy atom. The van der Waals surface area contributed by atoms with Crippen LogP contribution in [0.4, 0.5) is 11.4 Å². The van der Waals surface area contributed by atoms with Gasteiger partial charge in [0.05, 0.1) is 33.8 Å². The van der Waals surface area contributed by atoms with Gasteiger partial charge in [-0.3, -0.25) is 14.5 Å². The number of amides is 2. The van der Waals surface area contributed by atoms with E-state index in [9.17, 15) is 9.59 Å². The molecular formula is C27H24ClN5O2S2. The number of thioether (sulfide) groups is 1. The second kappa shape index (κ2) is 11.0. The number of benzene rings is 3. The molecule has 1 atom stereocenters. The molecule has 0 saturated carbocycles. The van der Waals surface area contributed by atoms with E-state index >= 15 is 0 Å². The highest BCUT2D eigenvalue weighted by molar-refractivity contribution is 8.00. The van der Waals surface area contributed by atoms with E-state index in [1.165, 1.54) is 11.8 Å². The molecule has 10 heteroatoms. The summed E-state index contributed by atoms with van der Waals surface area (Å²) in [5.74, 6) is 0.472. The minimum absolute atomic E-state index is 0.0440. The number of fused-ring (bicyclic) bond motifs is 2. The van der Waals surface area contributed by atoms with E-state index < -0.39 is 6.04 Å². The monoisotopic (exact) mass is 549 g/mol. The number of hydrogen-bond acceptors (Lipinski definition) is 6. The van der Waals surface area contributed by atoms with Crippen LogP contribution >= 0.6 is 35.1 Å². The highest BCUT2D eigenvalue weighted by Crippen LogP contribution is 2.48. The van der Waals surface area contributed by atoms with Crippen molar-refractivity contribution >= 4 is 58.3 Å². The zero-order chi connectivity index (χ0) is 25.9. The van der Waals surface area contributed by atoms with Crippen LogP contribution < -0.4 is 10.2 Å². The average Bonchev–Trinajstić information content (AvgIpc) is 3.33. The second-order valence-corrected chi connectivity index (χ2v) is 10.7. The Bertz CT molecular complexity index is 1430. The van der Waals surface area contributed by atoms with Gasteiger partial charge in [-0.05, 0) is 50.2 Å². The zero-order valence-electron chi connectivity index (χ0n) is 20.2. The number of carbonyl (C=O) groups is 2. The molecule has 1 aliphatic rings. The molecule has 2 heterocycles. The van der Waals surface area contributed by atoms with Gasteiger partial charge in [0.2, 0.25) is 5.91 Å². The van der Waals surface area contributed by atoms with Gasteiger partial charge in [-0.2, -0.15) is 0 Å². The predicted molar refractivity (Wildman–Crippen MR) is 148 cm³/mol. The zero-order valence-corrected chi connectivity index (χ0v) is 22.6. The SMILES string of the molecule is CCn1c(SCC(=O)N2c3ccccc3Sc3ccccc32)nnc1[C@H](C)NC(=O)c1ccccc1Cl. The molecule has 0 unspecified atom stereocenters. The summed E-state index contributed by atoms with van der Waals surface area (Å²) < 4.78 is 1.92. The van der Waals surface area contributed by atoms with Crippen molar-refractivity contribution in [3.8, 4) is 0 Å². The summed E-state index contributed by atoms with van der Waals surface area (Å²) in [7, 11) is 0. The third-order valence-corrected chi connectivity index (χ3v) is 8.33. The van der Waals surface area contributed by atoms with Crippen molar-refractivity contribution in [2.45, 2.75) is 41.4 Å². The second-order valence-electron chi connectivity index (χ2n) is 8.32. The van der Waals surface area contributed by atoms with Crippen LogP contribution in [0.15, 0.2) is 87.7 Å². The van der Waals surface area contributed by atoms with Gasteiger partial charge in [0.1, 0.15) is 0 Å². The van der Waals surface area contributed by atoms with Crippen LogP contribution in [0, 0.1) is 0 Å². The molecule has 0 radical (unpaired) electrons. The Kier molecular flexibility index (Phi) is 7.55. The van der Waals surface area contributed by atoms with E-state index in [1.807, 2.05) is 66.9 Å². The van der Waals surface area contributed by atoms with Crippen LogP contribution in [0.2, 0.25) is 5.02 Å². The lowest BCUT2D eigenvalue weighted by molar-refractivity contribution is -0.115. The fourth-order valence-electron chi connectivity index (χ4n) is 4.17. The summed E-state index contributed by atoms with van der Waals surface area (Å²) in [6, 6.07) is 22.3. The van der Waals surface area contributed by atoms with Gasteiger partial charge >= 0.3 is 0 Å². The van der Waals surface area contributed by atoms with E-state index in [0.717, 1.165) is 21.2 Å². The summed E-state index contributed by atoms with van der Waals surface area (Å²) in [4.78, 5) is 30.1. The molecule has 4 aromatic rings. The van der Waals surface area contributed by atoms with Gasteiger partial charge in [-0.25, -0.2) is 0 Å². The van der Waals surface area contributed by atoms with Crippen LogP contribution in [0.25, 0.3) is 0 Å². The molecule has 2 amide bonds. The van der Waals surface area contributed by atoms with Crippen LogP contribution in [-0.2, 0) is 11.3 Å². The first kappa shape index (κ1) is 25.4. The lowest BCUT2D eigenvalue weighted by Gasteiger charge is -2.30. The summed E-state index contributed by atoms with van der Waals surface area (Å²) >= 11 is 9.18. The fraction of sp³-hybridized carbons (Fsp3) is 0.185. The van der Waals surface area contributed by atoms with Gasteiger partial charge in [-0.15, -0.1) is 10.2 Å². The van der Waals surface area contributed by atoms with Crippen molar-refractivity contribution in [3.63, 3.8) is 0 Å². The molecule has 0 bridgehead atoms. The molecule has 37 heavy (non-hydrogen) atoms. The largest absolute Gasteiger partial charge is 0.342 e. The van der Waals surface area contributed by atoms with Crippen molar-refractivity contribution in [1.82, 2.24) is 20.1 Å². The van der Waals surface area contributed by atoms with Crippen LogP contribution in [0.5, 0.6) is 0 Å². The molecule has 0 aliphatic carbocycles. The maximum Gasteiger partial charge on any atom is 0.253 e. The summed E-state index contributed by atoms with van der Waals surface area (Å²) in [6.07, 6.45) is 0. The third-order valence-electron chi connectivity index (χ3n) is 5.92. The Morgan fingerprint density at radius 3 is 2.24 bits per heavy atom. The smallest absolute Gasteiger partial charge is 0.253 e. The number of halogens is 1. The molecule has 3 aromatic carbocycles. The molecule has 0 fully saturated rings. The van der Waals surface area contributed by atoms with Crippen LogP contribution in [0.1, 0.15) is 36.1 Å². The van der Waals surface area contributed by atoms with Crippen LogP contribution in [0.3, 0.4) is 0 Å². The number of anilines is 2. The number of nitrogens with one attached hydrogen (secondary N) is 1. The molecule has 0 saturated heterocycles. The molecule has 7 nitrogen and oxygen atoms in total. The molecular weight excluding hydrogens is 526 g/mol. The number of para-hydroxylation sites is 2. The quantitative estimate of drug-likeness (QED) is 0.270. The topological polar surface area (TPSA) is 80.1 Å². The van der Waals surface area contributed by atoms with Crippen molar-refractivity contribution in [2.24, 2.45) is 0 Å². The van der Waals surface area contributed by atoms with E-state index in [2.05, 4.69) is 15.5 Å². The first-order chi connectivity index (χ1) is 18.0. The average molecular weight is 550 g/mol. The van der Waals surface area contributed by atoms with Gasteiger partial charge in [0, 0.05) is 16.3 Å². The summed E-state index contributed by atoms with van der Waals surface area (Å²) in [5.41, 5.74) is 2.16. The normalized spacial score (nSPS) is 13.0. The van der Waals surface area contributed by atoms with Gasteiger partial charge < -0.3 is 9.88 Å². The molecule has 5 rings (SSSR count). The molecule has 188 valence electrons. The first-order valence-corrected chi connectivity index (χ1v) is 14.0. The van der Waals surface area contributed by atoms with Crippen LogP contribution in [-0.4, -0.2) is 32.3 Å². The highest BCUT2D eigenvalue weighted by Gasteiger charge is 2.28. The van der Waals surface area contributed by atoms with Crippen molar-refractivity contribution in [1.29, 1.82) is 0 Å².